The molecule has 0 atom stereocenters. The Morgan fingerprint density at radius 2 is 2.04 bits per heavy atom. The number of benzene rings is 1. The molecule has 1 amide bonds. The lowest BCUT2D eigenvalue weighted by atomic mass is 9.79. The number of hydrogen-bond donors (Lipinski definition) is 1. The minimum Gasteiger partial charge on any atom is -0.465 e. The van der Waals surface area contributed by atoms with Crippen LogP contribution in [0, 0.1) is 5.92 Å². The molecule has 1 aliphatic heterocycles. The van der Waals surface area contributed by atoms with Crippen LogP contribution < -0.4 is 4.90 Å². The molecule has 0 aliphatic carbocycles. The highest BCUT2D eigenvalue weighted by Crippen LogP contribution is 2.36. The van der Waals surface area contributed by atoms with E-state index in [1.54, 1.807) is 11.1 Å². The van der Waals surface area contributed by atoms with Crippen molar-refractivity contribution in [3.05, 3.63) is 29.4 Å². The second kappa shape index (κ2) is 7.89. The van der Waals surface area contributed by atoms with E-state index in [2.05, 4.69) is 23.7 Å². The molecule has 0 saturated carbocycles. The molecule has 6 nitrogen and oxygen atoms in total. The molecule has 2 aromatic rings. The molecule has 146 valence electrons. The average Bonchev–Trinajstić information content (AvgIpc) is 2.61. The van der Waals surface area contributed by atoms with Crippen molar-refractivity contribution in [2.24, 2.45) is 5.92 Å². The van der Waals surface area contributed by atoms with Crippen LogP contribution in [-0.4, -0.2) is 51.2 Å². The Labute approximate surface area is 165 Å². The number of hydrogen-bond acceptors (Lipinski definition) is 4. The normalized spacial score (nSPS) is 16.7. The van der Waals surface area contributed by atoms with E-state index in [4.69, 9.17) is 16.6 Å². The van der Waals surface area contributed by atoms with Crippen LogP contribution in [0.2, 0.25) is 5.02 Å². The minimum atomic E-state index is -0.825. The summed E-state index contributed by atoms with van der Waals surface area (Å²) in [6, 6.07) is 5.51. The third-order valence-corrected chi connectivity index (χ3v) is 5.65. The second-order valence-corrected chi connectivity index (χ2v) is 8.13. The molecule has 27 heavy (non-hydrogen) atoms. The number of carboxylic acid groups (broad SMARTS) is 1. The predicted molar refractivity (Wildman–Crippen MR) is 109 cm³/mol. The van der Waals surface area contributed by atoms with Gasteiger partial charge in [0.25, 0.3) is 0 Å². The number of aromatic nitrogens is 2. The Hall–Kier alpha value is -2.08. The number of amides is 1. The van der Waals surface area contributed by atoms with E-state index in [0.29, 0.717) is 17.5 Å². The van der Waals surface area contributed by atoms with Crippen LogP contribution in [0.4, 0.5) is 10.6 Å². The molecule has 2 heterocycles. The number of carbonyl (C=O) groups is 1. The first-order chi connectivity index (χ1) is 12.8. The minimum absolute atomic E-state index is 0.303. The Morgan fingerprint density at radius 1 is 1.33 bits per heavy atom. The van der Waals surface area contributed by atoms with Gasteiger partial charge in [0.1, 0.15) is 5.82 Å². The first-order valence-electron chi connectivity index (χ1n) is 9.52. The fourth-order valence-corrected chi connectivity index (χ4v) is 4.46. The molecule has 7 heteroatoms. The SMILES string of the molecule is CCN(C(=O)O)C1(CC(C)C)CCN(c2cnc3cc(Cl)ccc3n2)CC1. The third kappa shape index (κ3) is 4.10. The van der Waals surface area contributed by atoms with Crippen LogP contribution in [0.1, 0.15) is 40.0 Å². The van der Waals surface area contributed by atoms with Gasteiger partial charge in [-0.2, -0.15) is 0 Å². The largest absolute Gasteiger partial charge is 0.465 e. The number of halogens is 1. The van der Waals surface area contributed by atoms with Crippen molar-refractivity contribution in [2.75, 3.05) is 24.5 Å². The maximum Gasteiger partial charge on any atom is 0.407 e. The standard InChI is InChI=1S/C20H27ClN4O2/c1-4-25(19(26)27)20(12-14(2)3)7-9-24(10-8-20)18-13-22-17-11-15(21)5-6-16(17)23-18/h5-6,11,13-14H,4,7-10,12H2,1-3H3,(H,26,27). The summed E-state index contributed by atoms with van der Waals surface area (Å²) in [5.41, 5.74) is 1.29. The lowest BCUT2D eigenvalue weighted by Crippen LogP contribution is -2.57. The fourth-order valence-electron chi connectivity index (χ4n) is 4.30. The van der Waals surface area contributed by atoms with Crippen molar-refractivity contribution >= 4 is 34.5 Å². The molecule has 0 spiro atoms. The average molecular weight is 391 g/mol. The number of piperidine rings is 1. The molecule has 1 saturated heterocycles. The van der Waals surface area contributed by atoms with Crippen LogP contribution in [0.25, 0.3) is 11.0 Å². The smallest absolute Gasteiger partial charge is 0.407 e. The van der Waals surface area contributed by atoms with Gasteiger partial charge in [0, 0.05) is 30.2 Å². The molecule has 1 aromatic carbocycles. The van der Waals surface area contributed by atoms with Crippen molar-refractivity contribution in [2.45, 2.75) is 45.6 Å². The highest BCUT2D eigenvalue weighted by molar-refractivity contribution is 6.31. The monoisotopic (exact) mass is 390 g/mol. The molecular weight excluding hydrogens is 364 g/mol. The van der Waals surface area contributed by atoms with E-state index in [1.807, 2.05) is 25.1 Å². The number of rotatable bonds is 5. The predicted octanol–water partition coefficient (Wildman–Crippen LogP) is 4.67. The second-order valence-electron chi connectivity index (χ2n) is 7.70. The van der Waals surface area contributed by atoms with Gasteiger partial charge in [-0.15, -0.1) is 0 Å². The summed E-state index contributed by atoms with van der Waals surface area (Å²) in [6.07, 6.45) is 3.43. The third-order valence-electron chi connectivity index (χ3n) is 5.42. The van der Waals surface area contributed by atoms with Crippen molar-refractivity contribution in [3.63, 3.8) is 0 Å². The van der Waals surface area contributed by atoms with Crippen LogP contribution in [0.15, 0.2) is 24.4 Å². The van der Waals surface area contributed by atoms with Gasteiger partial charge in [0.15, 0.2) is 0 Å². The zero-order chi connectivity index (χ0) is 19.6. The molecule has 1 fully saturated rings. The molecule has 0 radical (unpaired) electrons. The summed E-state index contributed by atoms with van der Waals surface area (Å²) in [4.78, 5) is 24.9. The van der Waals surface area contributed by atoms with Crippen molar-refractivity contribution in [1.82, 2.24) is 14.9 Å². The highest BCUT2D eigenvalue weighted by atomic mass is 35.5. The van der Waals surface area contributed by atoms with Gasteiger partial charge >= 0.3 is 6.09 Å². The quantitative estimate of drug-likeness (QED) is 0.803. The summed E-state index contributed by atoms with van der Waals surface area (Å²) in [7, 11) is 0. The Morgan fingerprint density at radius 3 is 2.63 bits per heavy atom. The lowest BCUT2D eigenvalue weighted by Gasteiger charge is -2.48. The molecule has 1 aromatic heterocycles. The van der Waals surface area contributed by atoms with Gasteiger partial charge in [0.2, 0.25) is 0 Å². The van der Waals surface area contributed by atoms with E-state index in [-0.39, 0.29) is 5.54 Å². The van der Waals surface area contributed by atoms with Gasteiger partial charge in [-0.25, -0.2) is 9.78 Å². The van der Waals surface area contributed by atoms with Crippen molar-refractivity contribution in [3.8, 4) is 0 Å². The molecule has 0 bridgehead atoms. The van der Waals surface area contributed by atoms with Gasteiger partial charge in [-0.3, -0.25) is 4.98 Å². The topological polar surface area (TPSA) is 69.6 Å². The zero-order valence-electron chi connectivity index (χ0n) is 16.2. The molecule has 0 unspecified atom stereocenters. The summed E-state index contributed by atoms with van der Waals surface area (Å²) in [6.45, 7) is 8.28. The van der Waals surface area contributed by atoms with Crippen molar-refractivity contribution < 1.29 is 9.90 Å². The zero-order valence-corrected chi connectivity index (χ0v) is 16.9. The van der Waals surface area contributed by atoms with E-state index in [0.717, 1.165) is 49.2 Å². The summed E-state index contributed by atoms with van der Waals surface area (Å²) in [5.74, 6) is 1.27. The van der Waals surface area contributed by atoms with Gasteiger partial charge < -0.3 is 14.9 Å². The van der Waals surface area contributed by atoms with Crippen LogP contribution in [0.3, 0.4) is 0 Å². The maximum atomic E-state index is 11.8. The van der Waals surface area contributed by atoms with E-state index in [9.17, 15) is 9.90 Å². The van der Waals surface area contributed by atoms with E-state index in [1.165, 1.54) is 0 Å². The molecule has 1 aliphatic rings. The van der Waals surface area contributed by atoms with Gasteiger partial charge in [0.05, 0.1) is 17.2 Å². The lowest BCUT2D eigenvalue weighted by molar-refractivity contribution is 0.0475. The summed E-state index contributed by atoms with van der Waals surface area (Å²) < 4.78 is 0. The Balaban J connectivity index is 1.81. The highest BCUT2D eigenvalue weighted by Gasteiger charge is 2.42. The first kappa shape index (κ1) is 19.7. The fraction of sp³-hybridized carbons (Fsp3) is 0.550. The number of fused-ring (bicyclic) bond motifs is 1. The van der Waals surface area contributed by atoms with Crippen LogP contribution in [0.5, 0.6) is 0 Å². The maximum absolute atomic E-state index is 11.8. The summed E-state index contributed by atoms with van der Waals surface area (Å²) in [5, 5.41) is 10.4. The number of anilines is 1. The van der Waals surface area contributed by atoms with Crippen molar-refractivity contribution in [1.29, 1.82) is 0 Å². The molecule has 1 N–H and O–H groups in total. The molecular formula is C20H27ClN4O2. The Bertz CT molecular complexity index is 819. The van der Waals surface area contributed by atoms with Gasteiger partial charge in [-0.05, 0) is 50.3 Å². The summed E-state index contributed by atoms with van der Waals surface area (Å²) >= 11 is 6.02. The first-order valence-corrected chi connectivity index (χ1v) is 9.90. The number of nitrogens with zero attached hydrogens (tertiary/aromatic N) is 4. The van der Waals surface area contributed by atoms with E-state index < -0.39 is 6.09 Å². The van der Waals surface area contributed by atoms with Gasteiger partial charge in [-0.1, -0.05) is 25.4 Å². The molecule has 3 rings (SSSR count). The van der Waals surface area contributed by atoms with Crippen LogP contribution >= 0.6 is 11.6 Å². The van der Waals surface area contributed by atoms with Crippen LogP contribution in [-0.2, 0) is 0 Å². The Kier molecular flexibility index (Phi) is 5.75. The van der Waals surface area contributed by atoms with E-state index >= 15 is 0 Å².